The summed E-state index contributed by atoms with van der Waals surface area (Å²) in [5.74, 6) is 1.01. The summed E-state index contributed by atoms with van der Waals surface area (Å²) in [4.78, 5) is 0. The van der Waals surface area contributed by atoms with E-state index in [4.69, 9.17) is 11.5 Å². The van der Waals surface area contributed by atoms with Crippen LogP contribution >= 0.6 is 11.8 Å². The monoisotopic (exact) mass is 148 g/mol. The molecule has 9 heavy (non-hydrogen) atoms. The van der Waals surface area contributed by atoms with Crippen LogP contribution in [-0.2, 0) is 0 Å². The molecule has 0 aliphatic heterocycles. The van der Waals surface area contributed by atoms with Crippen molar-refractivity contribution in [2.45, 2.75) is 25.1 Å². The van der Waals surface area contributed by atoms with Crippen LogP contribution in [0, 0.1) is 0 Å². The third-order valence-electron chi connectivity index (χ3n) is 0.976. The second kappa shape index (κ2) is 5.09. The average Bonchev–Trinajstić information content (AvgIpc) is 1.83. The van der Waals surface area contributed by atoms with E-state index < -0.39 is 0 Å². The molecule has 56 valence electrons. The first kappa shape index (κ1) is 9.27. The predicted molar refractivity (Wildman–Crippen MR) is 44.6 cm³/mol. The van der Waals surface area contributed by atoms with Crippen molar-refractivity contribution in [2.75, 3.05) is 12.3 Å². The average molecular weight is 148 g/mol. The summed E-state index contributed by atoms with van der Waals surface area (Å²) >= 11 is 1.83. The summed E-state index contributed by atoms with van der Waals surface area (Å²) in [5, 5.41) is 0.552. The van der Waals surface area contributed by atoms with Gasteiger partial charge in [0.1, 0.15) is 0 Å². The SMILES string of the molecule is CC(N)CSC(C)CN. The number of thioether (sulfide) groups is 1. The van der Waals surface area contributed by atoms with Crippen molar-refractivity contribution in [3.05, 3.63) is 0 Å². The molecule has 0 spiro atoms. The maximum Gasteiger partial charge on any atom is 0.0142 e. The Morgan fingerprint density at radius 2 is 2.00 bits per heavy atom. The van der Waals surface area contributed by atoms with Gasteiger partial charge in [0.25, 0.3) is 0 Å². The zero-order valence-electron chi connectivity index (χ0n) is 6.13. The highest BCUT2D eigenvalue weighted by Crippen LogP contribution is 2.08. The van der Waals surface area contributed by atoms with Crippen LogP contribution in [0.5, 0.6) is 0 Å². The van der Waals surface area contributed by atoms with Gasteiger partial charge in [-0.3, -0.25) is 0 Å². The fourth-order valence-corrected chi connectivity index (χ4v) is 1.15. The van der Waals surface area contributed by atoms with Gasteiger partial charge >= 0.3 is 0 Å². The fourth-order valence-electron chi connectivity index (χ4n) is 0.384. The molecular weight excluding hydrogens is 132 g/mol. The van der Waals surface area contributed by atoms with E-state index in [0.717, 1.165) is 12.3 Å². The number of nitrogens with two attached hydrogens (primary N) is 2. The molecule has 0 saturated carbocycles. The Morgan fingerprint density at radius 3 is 2.33 bits per heavy atom. The van der Waals surface area contributed by atoms with Crippen molar-refractivity contribution >= 4 is 11.8 Å². The minimum atomic E-state index is 0.295. The van der Waals surface area contributed by atoms with Gasteiger partial charge in [0.05, 0.1) is 0 Å². The quantitative estimate of drug-likeness (QED) is 0.607. The second-order valence-electron chi connectivity index (χ2n) is 2.36. The highest BCUT2D eigenvalue weighted by atomic mass is 32.2. The Bertz CT molecular complexity index is 66.1. The summed E-state index contributed by atoms with van der Waals surface area (Å²) in [6.45, 7) is 4.88. The number of hydrogen-bond donors (Lipinski definition) is 2. The van der Waals surface area contributed by atoms with Crippen molar-refractivity contribution < 1.29 is 0 Å². The molecule has 0 saturated heterocycles. The van der Waals surface area contributed by atoms with Crippen LogP contribution in [0.15, 0.2) is 0 Å². The maximum absolute atomic E-state index is 5.53. The van der Waals surface area contributed by atoms with Gasteiger partial charge < -0.3 is 11.5 Å². The third kappa shape index (κ3) is 6.15. The molecule has 0 amide bonds. The zero-order chi connectivity index (χ0) is 7.28. The minimum absolute atomic E-state index is 0.295. The molecule has 4 N–H and O–H groups in total. The lowest BCUT2D eigenvalue weighted by molar-refractivity contribution is 0.840. The zero-order valence-corrected chi connectivity index (χ0v) is 6.95. The van der Waals surface area contributed by atoms with Gasteiger partial charge in [0.15, 0.2) is 0 Å². The Kier molecular flexibility index (Phi) is 5.24. The standard InChI is InChI=1S/C6H16N2S/c1-5(8)4-9-6(2)3-7/h5-6H,3-4,7-8H2,1-2H3. The minimum Gasteiger partial charge on any atom is -0.329 e. The van der Waals surface area contributed by atoms with E-state index in [-0.39, 0.29) is 0 Å². The van der Waals surface area contributed by atoms with Crippen LogP contribution in [-0.4, -0.2) is 23.6 Å². The van der Waals surface area contributed by atoms with Crippen molar-refractivity contribution in [2.24, 2.45) is 11.5 Å². The first-order valence-electron chi connectivity index (χ1n) is 3.24. The van der Waals surface area contributed by atoms with Gasteiger partial charge in [-0.15, -0.1) is 0 Å². The Hall–Kier alpha value is 0.270. The number of hydrogen-bond acceptors (Lipinski definition) is 3. The predicted octanol–water partition coefficient (Wildman–Crippen LogP) is 0.414. The lowest BCUT2D eigenvalue weighted by Gasteiger charge is -2.09. The highest BCUT2D eigenvalue weighted by Gasteiger charge is 2.00. The van der Waals surface area contributed by atoms with E-state index in [2.05, 4.69) is 6.92 Å². The van der Waals surface area contributed by atoms with Crippen LogP contribution in [0.2, 0.25) is 0 Å². The van der Waals surface area contributed by atoms with Crippen LogP contribution in [0.4, 0.5) is 0 Å². The van der Waals surface area contributed by atoms with Crippen LogP contribution in [0.25, 0.3) is 0 Å². The van der Waals surface area contributed by atoms with Gasteiger partial charge in [-0.1, -0.05) is 6.92 Å². The summed E-state index contributed by atoms with van der Waals surface area (Å²) in [7, 11) is 0. The molecule has 2 nitrogen and oxygen atoms in total. The van der Waals surface area contributed by atoms with Crippen molar-refractivity contribution in [3.8, 4) is 0 Å². The fraction of sp³-hybridized carbons (Fsp3) is 1.00. The van der Waals surface area contributed by atoms with Gasteiger partial charge in [-0.25, -0.2) is 0 Å². The smallest absolute Gasteiger partial charge is 0.0142 e. The molecule has 0 heterocycles. The Balaban J connectivity index is 3.06. The summed E-state index contributed by atoms with van der Waals surface area (Å²) in [5.41, 5.74) is 10.9. The number of rotatable bonds is 4. The van der Waals surface area contributed by atoms with Gasteiger partial charge in [0.2, 0.25) is 0 Å². The van der Waals surface area contributed by atoms with E-state index in [9.17, 15) is 0 Å². The van der Waals surface area contributed by atoms with Crippen LogP contribution in [0.3, 0.4) is 0 Å². The lowest BCUT2D eigenvalue weighted by atomic mass is 10.4. The summed E-state index contributed by atoms with van der Waals surface area (Å²) < 4.78 is 0. The summed E-state index contributed by atoms with van der Waals surface area (Å²) in [6, 6.07) is 0.295. The molecule has 0 aromatic carbocycles. The van der Waals surface area contributed by atoms with E-state index in [0.29, 0.717) is 11.3 Å². The molecule has 0 radical (unpaired) electrons. The Labute approximate surface area is 61.4 Å². The van der Waals surface area contributed by atoms with Gasteiger partial charge in [-0.05, 0) is 6.92 Å². The van der Waals surface area contributed by atoms with Crippen LogP contribution < -0.4 is 11.5 Å². The van der Waals surface area contributed by atoms with Crippen molar-refractivity contribution in [1.29, 1.82) is 0 Å². The summed E-state index contributed by atoms with van der Waals surface area (Å²) in [6.07, 6.45) is 0. The first-order valence-corrected chi connectivity index (χ1v) is 4.29. The molecule has 0 bridgehead atoms. The molecule has 0 aromatic heterocycles. The third-order valence-corrected chi connectivity index (χ3v) is 2.46. The molecule has 0 rings (SSSR count). The molecular formula is C6H16N2S. The molecule has 2 unspecified atom stereocenters. The van der Waals surface area contributed by atoms with E-state index in [1.807, 2.05) is 18.7 Å². The Morgan fingerprint density at radius 1 is 1.44 bits per heavy atom. The topological polar surface area (TPSA) is 52.0 Å². The van der Waals surface area contributed by atoms with E-state index in [1.165, 1.54) is 0 Å². The molecule has 0 aromatic rings. The largest absolute Gasteiger partial charge is 0.329 e. The molecule has 0 aliphatic carbocycles. The van der Waals surface area contributed by atoms with Crippen molar-refractivity contribution in [1.82, 2.24) is 0 Å². The van der Waals surface area contributed by atoms with Crippen molar-refractivity contribution in [3.63, 3.8) is 0 Å². The first-order chi connectivity index (χ1) is 4.16. The lowest BCUT2D eigenvalue weighted by Crippen LogP contribution is -2.21. The molecule has 0 fully saturated rings. The second-order valence-corrected chi connectivity index (χ2v) is 3.83. The van der Waals surface area contributed by atoms with Crippen LogP contribution in [0.1, 0.15) is 13.8 Å². The maximum atomic E-state index is 5.53. The molecule has 0 aliphatic rings. The van der Waals surface area contributed by atoms with E-state index in [1.54, 1.807) is 0 Å². The van der Waals surface area contributed by atoms with Gasteiger partial charge in [0, 0.05) is 23.6 Å². The highest BCUT2D eigenvalue weighted by molar-refractivity contribution is 7.99. The molecule has 2 atom stereocenters. The van der Waals surface area contributed by atoms with E-state index >= 15 is 0 Å². The van der Waals surface area contributed by atoms with Gasteiger partial charge in [-0.2, -0.15) is 11.8 Å². The normalized spacial score (nSPS) is 17.3. The molecule has 3 heteroatoms.